The summed E-state index contributed by atoms with van der Waals surface area (Å²) in [6, 6.07) is 6.78. The van der Waals surface area contributed by atoms with Gasteiger partial charge in [-0.15, -0.1) is 0 Å². The Kier molecular flexibility index (Phi) is 3.88. The molecule has 0 aliphatic carbocycles. The summed E-state index contributed by atoms with van der Waals surface area (Å²) in [6.07, 6.45) is 0. The van der Waals surface area contributed by atoms with E-state index in [-0.39, 0.29) is 17.8 Å². The van der Waals surface area contributed by atoms with Crippen molar-refractivity contribution in [3.8, 4) is 0 Å². The molecule has 0 saturated heterocycles. The molecule has 20 heavy (non-hydrogen) atoms. The van der Waals surface area contributed by atoms with E-state index in [4.69, 9.17) is 0 Å². The first-order valence-electron chi connectivity index (χ1n) is 5.59. The molecule has 0 amide bonds. The fourth-order valence-electron chi connectivity index (χ4n) is 1.63. The molecule has 0 atom stereocenters. The molecule has 0 unspecified atom stereocenters. The lowest BCUT2D eigenvalue weighted by Gasteiger charge is -2.08. The maximum atomic E-state index is 13.4. The van der Waals surface area contributed by atoms with Gasteiger partial charge in [0.1, 0.15) is 5.82 Å². The third kappa shape index (κ3) is 3.05. The number of nitro benzene ring substituents is 1. The Balaban J connectivity index is 2.15. The van der Waals surface area contributed by atoms with Gasteiger partial charge in [0.25, 0.3) is 5.69 Å². The highest BCUT2D eigenvalue weighted by atomic mass is 19.2. The third-order valence-electron chi connectivity index (χ3n) is 2.63. The zero-order valence-corrected chi connectivity index (χ0v) is 10.1. The van der Waals surface area contributed by atoms with E-state index in [2.05, 4.69) is 5.32 Å². The molecule has 0 heterocycles. The Morgan fingerprint density at radius 1 is 1.05 bits per heavy atom. The molecule has 4 nitrogen and oxygen atoms in total. The summed E-state index contributed by atoms with van der Waals surface area (Å²) < 4.78 is 39.1. The van der Waals surface area contributed by atoms with Gasteiger partial charge in [0, 0.05) is 36.0 Å². The molecule has 7 heteroatoms. The SMILES string of the molecule is O=[N+]([O-])c1cccc(NCc2cc(F)c(F)cc2F)c1. The van der Waals surface area contributed by atoms with Gasteiger partial charge in [0.2, 0.25) is 0 Å². The second-order valence-electron chi connectivity index (χ2n) is 4.02. The summed E-state index contributed by atoms with van der Waals surface area (Å²) in [7, 11) is 0. The summed E-state index contributed by atoms with van der Waals surface area (Å²) in [4.78, 5) is 10.0. The number of benzene rings is 2. The summed E-state index contributed by atoms with van der Waals surface area (Å²) in [6.45, 7) is -0.121. The molecule has 0 saturated carbocycles. The molecule has 2 rings (SSSR count). The molecule has 2 aromatic rings. The minimum atomic E-state index is -1.26. The number of nitrogens with zero attached hydrogens (tertiary/aromatic N) is 1. The first-order valence-corrected chi connectivity index (χ1v) is 5.59. The van der Waals surface area contributed by atoms with Gasteiger partial charge in [0.15, 0.2) is 11.6 Å². The predicted octanol–water partition coefficient (Wildman–Crippen LogP) is 3.62. The average Bonchev–Trinajstić information content (AvgIpc) is 2.41. The largest absolute Gasteiger partial charge is 0.381 e. The second-order valence-corrected chi connectivity index (χ2v) is 4.02. The van der Waals surface area contributed by atoms with Crippen molar-refractivity contribution < 1.29 is 18.1 Å². The third-order valence-corrected chi connectivity index (χ3v) is 2.63. The molecular weight excluding hydrogens is 273 g/mol. The lowest BCUT2D eigenvalue weighted by atomic mass is 10.2. The van der Waals surface area contributed by atoms with Gasteiger partial charge < -0.3 is 5.32 Å². The van der Waals surface area contributed by atoms with Crippen molar-refractivity contribution in [2.45, 2.75) is 6.54 Å². The Morgan fingerprint density at radius 2 is 1.75 bits per heavy atom. The Labute approximate surface area is 112 Å². The molecule has 0 radical (unpaired) electrons. The lowest BCUT2D eigenvalue weighted by molar-refractivity contribution is -0.384. The molecule has 0 spiro atoms. The van der Waals surface area contributed by atoms with Crippen LogP contribution in [0.1, 0.15) is 5.56 Å². The molecular formula is C13H9F3N2O2. The van der Waals surface area contributed by atoms with Crippen LogP contribution in [0.2, 0.25) is 0 Å². The van der Waals surface area contributed by atoms with E-state index in [1.807, 2.05) is 0 Å². The van der Waals surface area contributed by atoms with E-state index < -0.39 is 22.4 Å². The van der Waals surface area contributed by atoms with Crippen LogP contribution in [0, 0.1) is 27.6 Å². The molecule has 0 bridgehead atoms. The number of hydrogen-bond donors (Lipinski definition) is 1. The van der Waals surface area contributed by atoms with E-state index in [9.17, 15) is 23.3 Å². The lowest BCUT2D eigenvalue weighted by Crippen LogP contribution is -2.04. The smallest absolute Gasteiger partial charge is 0.271 e. The van der Waals surface area contributed by atoms with Gasteiger partial charge in [-0.25, -0.2) is 13.2 Å². The first kappa shape index (κ1) is 13.9. The Hall–Kier alpha value is -2.57. The summed E-state index contributed by atoms with van der Waals surface area (Å²) in [5, 5.41) is 13.3. The molecule has 0 aliphatic rings. The van der Waals surface area contributed by atoms with Crippen molar-refractivity contribution in [3.05, 3.63) is 69.5 Å². The monoisotopic (exact) mass is 282 g/mol. The van der Waals surface area contributed by atoms with Gasteiger partial charge in [-0.1, -0.05) is 6.07 Å². The topological polar surface area (TPSA) is 55.2 Å². The maximum Gasteiger partial charge on any atom is 0.271 e. The number of hydrogen-bond acceptors (Lipinski definition) is 3. The molecule has 2 aromatic carbocycles. The molecule has 1 N–H and O–H groups in total. The van der Waals surface area contributed by atoms with Crippen LogP contribution in [-0.2, 0) is 6.54 Å². The van der Waals surface area contributed by atoms with Crippen LogP contribution in [0.3, 0.4) is 0 Å². The standard InChI is InChI=1S/C13H9F3N2O2/c14-11-6-13(16)12(15)4-8(11)7-17-9-2-1-3-10(5-9)18(19)20/h1-6,17H,7H2. The quantitative estimate of drug-likeness (QED) is 0.529. The van der Waals surface area contributed by atoms with E-state index in [0.717, 1.165) is 6.07 Å². The number of halogens is 3. The van der Waals surface area contributed by atoms with Gasteiger partial charge in [-0.3, -0.25) is 10.1 Å². The van der Waals surface area contributed by atoms with Crippen molar-refractivity contribution in [3.63, 3.8) is 0 Å². The van der Waals surface area contributed by atoms with E-state index in [1.54, 1.807) is 6.07 Å². The van der Waals surface area contributed by atoms with Crippen LogP contribution < -0.4 is 5.32 Å². The molecule has 0 fully saturated rings. The predicted molar refractivity (Wildman–Crippen MR) is 66.7 cm³/mol. The maximum absolute atomic E-state index is 13.4. The van der Waals surface area contributed by atoms with Crippen LogP contribution in [0.5, 0.6) is 0 Å². The highest BCUT2D eigenvalue weighted by Gasteiger charge is 2.10. The number of rotatable bonds is 4. The zero-order chi connectivity index (χ0) is 14.7. The van der Waals surface area contributed by atoms with Gasteiger partial charge in [-0.2, -0.15) is 0 Å². The van der Waals surface area contributed by atoms with Crippen LogP contribution >= 0.6 is 0 Å². The van der Waals surface area contributed by atoms with Gasteiger partial charge >= 0.3 is 0 Å². The molecule has 0 aromatic heterocycles. The van der Waals surface area contributed by atoms with E-state index in [0.29, 0.717) is 11.8 Å². The van der Waals surface area contributed by atoms with Gasteiger partial charge in [0.05, 0.1) is 4.92 Å². The van der Waals surface area contributed by atoms with Crippen LogP contribution in [0.15, 0.2) is 36.4 Å². The number of nitro groups is 1. The van der Waals surface area contributed by atoms with Crippen LogP contribution in [-0.4, -0.2) is 4.92 Å². The number of nitrogens with one attached hydrogen (secondary N) is 1. The molecule has 0 aliphatic heterocycles. The van der Waals surface area contributed by atoms with Crippen LogP contribution in [0.25, 0.3) is 0 Å². The number of non-ortho nitro benzene ring substituents is 1. The van der Waals surface area contributed by atoms with E-state index in [1.165, 1.54) is 18.2 Å². The van der Waals surface area contributed by atoms with Crippen molar-refractivity contribution in [2.24, 2.45) is 0 Å². The van der Waals surface area contributed by atoms with Crippen molar-refractivity contribution in [1.29, 1.82) is 0 Å². The minimum Gasteiger partial charge on any atom is -0.381 e. The summed E-state index contributed by atoms with van der Waals surface area (Å²) in [5.74, 6) is -3.30. The van der Waals surface area contributed by atoms with E-state index >= 15 is 0 Å². The van der Waals surface area contributed by atoms with Crippen LogP contribution in [0.4, 0.5) is 24.5 Å². The minimum absolute atomic E-state index is 0.0737. The fraction of sp³-hybridized carbons (Fsp3) is 0.0769. The normalized spacial score (nSPS) is 10.3. The van der Waals surface area contributed by atoms with Crippen molar-refractivity contribution >= 4 is 11.4 Å². The number of anilines is 1. The van der Waals surface area contributed by atoms with Gasteiger partial charge in [-0.05, 0) is 12.1 Å². The highest BCUT2D eigenvalue weighted by molar-refractivity contribution is 5.51. The Bertz CT molecular complexity index is 662. The summed E-state index contributed by atoms with van der Waals surface area (Å²) >= 11 is 0. The average molecular weight is 282 g/mol. The second kappa shape index (κ2) is 5.60. The first-order chi connectivity index (χ1) is 9.47. The van der Waals surface area contributed by atoms with Crippen molar-refractivity contribution in [1.82, 2.24) is 0 Å². The van der Waals surface area contributed by atoms with Crippen molar-refractivity contribution in [2.75, 3.05) is 5.32 Å². The zero-order valence-electron chi connectivity index (χ0n) is 10.1. The molecule has 104 valence electrons. The fourth-order valence-corrected chi connectivity index (χ4v) is 1.63. The Morgan fingerprint density at radius 3 is 2.45 bits per heavy atom. The highest BCUT2D eigenvalue weighted by Crippen LogP contribution is 2.19. The summed E-state index contributed by atoms with van der Waals surface area (Å²) in [5.41, 5.74) is 0.180.